The SMILES string of the molecule is Cc1[nH]nc2ncc(NC(=O)CCC3CCCO3)cc12. The molecule has 6 nitrogen and oxygen atoms in total. The van der Waals surface area contributed by atoms with Crippen LogP contribution in [0.2, 0.25) is 0 Å². The Bertz CT molecular complexity index is 617. The molecular formula is C14H18N4O2. The summed E-state index contributed by atoms with van der Waals surface area (Å²) in [6, 6.07) is 1.89. The zero-order valence-corrected chi connectivity index (χ0v) is 11.5. The van der Waals surface area contributed by atoms with Crippen LogP contribution in [0.5, 0.6) is 0 Å². The van der Waals surface area contributed by atoms with Gasteiger partial charge in [-0.25, -0.2) is 4.98 Å². The van der Waals surface area contributed by atoms with Crippen LogP contribution >= 0.6 is 0 Å². The number of amides is 1. The van der Waals surface area contributed by atoms with E-state index in [2.05, 4.69) is 20.5 Å². The summed E-state index contributed by atoms with van der Waals surface area (Å²) in [4.78, 5) is 16.1. The van der Waals surface area contributed by atoms with Crippen LogP contribution in [0.3, 0.4) is 0 Å². The first-order chi connectivity index (χ1) is 9.72. The summed E-state index contributed by atoms with van der Waals surface area (Å²) in [5.41, 5.74) is 2.32. The van der Waals surface area contributed by atoms with E-state index in [1.54, 1.807) is 6.20 Å². The van der Waals surface area contributed by atoms with Gasteiger partial charge in [0.1, 0.15) is 0 Å². The third kappa shape index (κ3) is 2.80. The van der Waals surface area contributed by atoms with Gasteiger partial charge in [-0.1, -0.05) is 0 Å². The van der Waals surface area contributed by atoms with E-state index >= 15 is 0 Å². The number of carbonyl (C=O) groups excluding carboxylic acids is 1. The molecule has 1 amide bonds. The quantitative estimate of drug-likeness (QED) is 0.895. The Kier molecular flexibility index (Phi) is 3.64. The van der Waals surface area contributed by atoms with E-state index in [1.165, 1.54) is 0 Å². The Hall–Kier alpha value is -1.95. The number of aryl methyl sites for hydroxylation is 1. The molecule has 0 saturated carbocycles. The predicted octanol–water partition coefficient (Wildman–Crippen LogP) is 2.16. The van der Waals surface area contributed by atoms with Crippen LogP contribution in [0.25, 0.3) is 11.0 Å². The van der Waals surface area contributed by atoms with Crippen molar-refractivity contribution in [1.29, 1.82) is 0 Å². The minimum Gasteiger partial charge on any atom is -0.378 e. The average molecular weight is 274 g/mol. The molecule has 3 heterocycles. The highest BCUT2D eigenvalue weighted by atomic mass is 16.5. The molecule has 0 aliphatic carbocycles. The summed E-state index contributed by atoms with van der Waals surface area (Å²) in [6.45, 7) is 2.76. The molecule has 2 aromatic rings. The number of aromatic nitrogens is 3. The van der Waals surface area contributed by atoms with Gasteiger partial charge < -0.3 is 10.1 Å². The molecule has 1 atom stereocenters. The topological polar surface area (TPSA) is 79.9 Å². The third-order valence-electron chi connectivity index (χ3n) is 3.60. The highest BCUT2D eigenvalue weighted by Crippen LogP contribution is 2.19. The highest BCUT2D eigenvalue weighted by molar-refractivity contribution is 5.92. The first-order valence-electron chi connectivity index (χ1n) is 6.94. The lowest BCUT2D eigenvalue weighted by Crippen LogP contribution is -2.15. The maximum Gasteiger partial charge on any atom is 0.224 e. The van der Waals surface area contributed by atoms with Gasteiger partial charge in [-0.05, 0) is 32.3 Å². The monoisotopic (exact) mass is 274 g/mol. The molecule has 0 radical (unpaired) electrons. The number of aromatic amines is 1. The standard InChI is InChI=1S/C14H18N4O2/c1-9-12-7-10(8-15-14(12)18-17-9)16-13(19)5-4-11-3-2-6-20-11/h7-8,11H,2-6H2,1H3,(H,16,19)(H,15,17,18). The number of pyridine rings is 1. The molecule has 2 aromatic heterocycles. The molecule has 1 fully saturated rings. The molecule has 6 heteroatoms. The van der Waals surface area contributed by atoms with E-state index in [0.29, 0.717) is 17.8 Å². The van der Waals surface area contributed by atoms with E-state index in [-0.39, 0.29) is 12.0 Å². The minimum atomic E-state index is 0.00259. The zero-order valence-electron chi connectivity index (χ0n) is 11.5. The summed E-state index contributed by atoms with van der Waals surface area (Å²) in [7, 11) is 0. The molecule has 0 spiro atoms. The lowest BCUT2D eigenvalue weighted by Gasteiger charge is -2.09. The first kappa shape index (κ1) is 13.1. The van der Waals surface area contributed by atoms with Crippen molar-refractivity contribution in [2.24, 2.45) is 0 Å². The van der Waals surface area contributed by atoms with E-state index in [1.807, 2.05) is 13.0 Å². The van der Waals surface area contributed by atoms with Crippen molar-refractivity contribution in [2.75, 3.05) is 11.9 Å². The molecule has 1 unspecified atom stereocenters. The van der Waals surface area contributed by atoms with Crippen molar-refractivity contribution >= 4 is 22.6 Å². The van der Waals surface area contributed by atoms with Crippen LogP contribution in [-0.2, 0) is 9.53 Å². The van der Waals surface area contributed by atoms with E-state index < -0.39 is 0 Å². The van der Waals surface area contributed by atoms with Gasteiger partial charge in [0.2, 0.25) is 5.91 Å². The molecule has 1 aliphatic rings. The van der Waals surface area contributed by atoms with E-state index in [4.69, 9.17) is 4.74 Å². The molecule has 1 aliphatic heterocycles. The van der Waals surface area contributed by atoms with Crippen LogP contribution in [0.4, 0.5) is 5.69 Å². The van der Waals surface area contributed by atoms with Crippen molar-refractivity contribution in [3.63, 3.8) is 0 Å². The van der Waals surface area contributed by atoms with E-state index in [0.717, 1.165) is 36.9 Å². The van der Waals surface area contributed by atoms with Crippen LogP contribution in [-0.4, -0.2) is 33.8 Å². The summed E-state index contributed by atoms with van der Waals surface area (Å²) in [5.74, 6) is 0.00259. The Morgan fingerprint density at radius 1 is 1.60 bits per heavy atom. The van der Waals surface area contributed by atoms with Crippen molar-refractivity contribution in [2.45, 2.75) is 38.7 Å². The number of nitrogens with one attached hydrogen (secondary N) is 2. The highest BCUT2D eigenvalue weighted by Gasteiger charge is 2.16. The number of carbonyl (C=O) groups is 1. The van der Waals surface area contributed by atoms with Gasteiger partial charge in [0.05, 0.1) is 18.0 Å². The summed E-state index contributed by atoms with van der Waals surface area (Å²) in [5, 5.41) is 10.7. The smallest absolute Gasteiger partial charge is 0.224 e. The summed E-state index contributed by atoms with van der Waals surface area (Å²) >= 11 is 0. The van der Waals surface area contributed by atoms with Gasteiger partial charge in [-0.3, -0.25) is 9.89 Å². The Morgan fingerprint density at radius 2 is 2.50 bits per heavy atom. The lowest BCUT2D eigenvalue weighted by atomic mass is 10.1. The first-order valence-corrected chi connectivity index (χ1v) is 6.94. The minimum absolute atomic E-state index is 0.00259. The van der Waals surface area contributed by atoms with Crippen LogP contribution in [0.1, 0.15) is 31.4 Å². The van der Waals surface area contributed by atoms with Gasteiger partial charge in [-0.15, -0.1) is 0 Å². The van der Waals surface area contributed by atoms with Gasteiger partial charge in [0.25, 0.3) is 0 Å². The van der Waals surface area contributed by atoms with Crippen LogP contribution < -0.4 is 5.32 Å². The molecule has 2 N–H and O–H groups in total. The maximum atomic E-state index is 11.9. The van der Waals surface area contributed by atoms with Gasteiger partial charge in [0, 0.05) is 24.1 Å². The summed E-state index contributed by atoms with van der Waals surface area (Å²) in [6.07, 6.45) is 5.31. The number of anilines is 1. The van der Waals surface area contributed by atoms with Gasteiger partial charge in [-0.2, -0.15) is 5.10 Å². The number of ether oxygens (including phenoxy) is 1. The summed E-state index contributed by atoms with van der Waals surface area (Å²) < 4.78 is 5.51. The maximum absolute atomic E-state index is 11.9. The molecule has 1 saturated heterocycles. The largest absolute Gasteiger partial charge is 0.378 e. The fraction of sp³-hybridized carbons (Fsp3) is 0.500. The lowest BCUT2D eigenvalue weighted by molar-refractivity contribution is -0.116. The molecule has 20 heavy (non-hydrogen) atoms. The number of H-pyrrole nitrogens is 1. The second-order valence-electron chi connectivity index (χ2n) is 5.17. The number of rotatable bonds is 4. The molecule has 0 aromatic carbocycles. The van der Waals surface area contributed by atoms with Crippen molar-refractivity contribution in [3.8, 4) is 0 Å². The molecule has 0 bridgehead atoms. The normalized spacial score (nSPS) is 18.6. The second kappa shape index (κ2) is 5.58. The van der Waals surface area contributed by atoms with E-state index in [9.17, 15) is 4.79 Å². The Labute approximate surface area is 116 Å². The number of fused-ring (bicyclic) bond motifs is 1. The molecule has 3 rings (SSSR count). The van der Waals surface area contributed by atoms with Crippen molar-refractivity contribution < 1.29 is 9.53 Å². The van der Waals surface area contributed by atoms with Crippen molar-refractivity contribution in [1.82, 2.24) is 15.2 Å². The molecular weight excluding hydrogens is 256 g/mol. The second-order valence-corrected chi connectivity index (χ2v) is 5.17. The fourth-order valence-electron chi connectivity index (χ4n) is 2.48. The Balaban J connectivity index is 1.60. The number of hydrogen-bond acceptors (Lipinski definition) is 4. The molecule has 106 valence electrons. The van der Waals surface area contributed by atoms with Gasteiger partial charge in [0.15, 0.2) is 5.65 Å². The third-order valence-corrected chi connectivity index (χ3v) is 3.60. The number of hydrogen-bond donors (Lipinski definition) is 2. The van der Waals surface area contributed by atoms with Crippen LogP contribution in [0, 0.1) is 6.92 Å². The van der Waals surface area contributed by atoms with Gasteiger partial charge >= 0.3 is 0 Å². The average Bonchev–Trinajstić information content (AvgIpc) is 3.07. The number of nitrogens with zero attached hydrogens (tertiary/aromatic N) is 2. The fourth-order valence-corrected chi connectivity index (χ4v) is 2.48. The zero-order chi connectivity index (χ0) is 13.9. The van der Waals surface area contributed by atoms with Crippen molar-refractivity contribution in [3.05, 3.63) is 18.0 Å². The Morgan fingerprint density at radius 3 is 3.30 bits per heavy atom. The van der Waals surface area contributed by atoms with Crippen LogP contribution in [0.15, 0.2) is 12.3 Å². The predicted molar refractivity (Wildman–Crippen MR) is 75.5 cm³/mol.